The van der Waals surface area contributed by atoms with Crippen molar-refractivity contribution in [3.63, 3.8) is 0 Å². The minimum Gasteiger partial charge on any atom is -0.389 e. The van der Waals surface area contributed by atoms with Gasteiger partial charge in [0, 0.05) is 25.4 Å². The molecule has 84 valence electrons. The number of nitrogens with zero attached hydrogens (tertiary/aromatic N) is 3. The van der Waals surface area contributed by atoms with E-state index in [-0.39, 0.29) is 0 Å². The van der Waals surface area contributed by atoms with Gasteiger partial charge in [0.05, 0.1) is 5.60 Å². The summed E-state index contributed by atoms with van der Waals surface area (Å²) in [5.41, 5.74) is 0.300. The summed E-state index contributed by atoms with van der Waals surface area (Å²) in [7, 11) is 1.92. The Morgan fingerprint density at radius 3 is 2.60 bits per heavy atom. The molecule has 4 nitrogen and oxygen atoms in total. The first kappa shape index (κ1) is 11.9. The third kappa shape index (κ3) is 3.83. The summed E-state index contributed by atoms with van der Waals surface area (Å²) in [4.78, 5) is 10.2. The van der Waals surface area contributed by atoms with Gasteiger partial charge in [0.2, 0.25) is 0 Å². The predicted molar refractivity (Wildman–Crippen MR) is 61.0 cm³/mol. The van der Waals surface area contributed by atoms with Crippen molar-refractivity contribution in [2.75, 3.05) is 18.5 Å². The molecule has 0 aliphatic carbocycles. The van der Waals surface area contributed by atoms with Gasteiger partial charge in [0.25, 0.3) is 0 Å². The average molecular weight is 209 g/mol. The smallest absolute Gasteiger partial charge is 0.132 e. The van der Waals surface area contributed by atoms with E-state index in [1.807, 2.05) is 18.0 Å². The van der Waals surface area contributed by atoms with Gasteiger partial charge < -0.3 is 10.0 Å². The van der Waals surface area contributed by atoms with Crippen LogP contribution >= 0.6 is 0 Å². The van der Waals surface area contributed by atoms with Crippen LogP contribution in [0.25, 0.3) is 0 Å². The van der Waals surface area contributed by atoms with Crippen LogP contribution in [0.2, 0.25) is 0 Å². The molecule has 0 spiro atoms. The van der Waals surface area contributed by atoms with E-state index in [0.29, 0.717) is 6.54 Å². The summed E-state index contributed by atoms with van der Waals surface area (Å²) >= 11 is 0. The Balaban J connectivity index is 2.77. The molecule has 0 amide bonds. The number of likely N-dealkylation sites (N-methyl/N-ethyl adjacent to an activating group) is 1. The molecule has 1 heterocycles. The van der Waals surface area contributed by atoms with Crippen molar-refractivity contribution in [3.05, 3.63) is 18.1 Å². The van der Waals surface area contributed by atoms with Gasteiger partial charge in [0.1, 0.15) is 12.1 Å². The van der Waals surface area contributed by atoms with Crippen LogP contribution in [0.4, 0.5) is 5.82 Å². The summed E-state index contributed by atoms with van der Waals surface area (Å²) in [6, 6.07) is 1.95. The van der Waals surface area contributed by atoms with Crippen LogP contribution in [0.5, 0.6) is 0 Å². The Morgan fingerprint density at radius 1 is 1.40 bits per heavy atom. The summed E-state index contributed by atoms with van der Waals surface area (Å²) in [6.07, 6.45) is 2.46. The molecule has 0 fully saturated rings. The lowest BCUT2D eigenvalue weighted by Crippen LogP contribution is -2.36. The SMILES string of the molecule is CCc1cc(N(C)CC(C)(C)O)ncn1. The highest BCUT2D eigenvalue weighted by molar-refractivity contribution is 5.38. The van der Waals surface area contributed by atoms with Crippen molar-refractivity contribution in [2.45, 2.75) is 32.8 Å². The lowest BCUT2D eigenvalue weighted by Gasteiger charge is -2.26. The molecule has 0 atom stereocenters. The minimum atomic E-state index is -0.716. The molecule has 4 heteroatoms. The zero-order valence-electron chi connectivity index (χ0n) is 9.86. The van der Waals surface area contributed by atoms with Crippen LogP contribution in [0.15, 0.2) is 12.4 Å². The second-order valence-electron chi connectivity index (χ2n) is 4.39. The maximum atomic E-state index is 9.69. The lowest BCUT2D eigenvalue weighted by molar-refractivity contribution is 0.0884. The van der Waals surface area contributed by atoms with Gasteiger partial charge in [-0.15, -0.1) is 0 Å². The van der Waals surface area contributed by atoms with E-state index in [9.17, 15) is 5.11 Å². The summed E-state index contributed by atoms with van der Waals surface area (Å²) in [5, 5.41) is 9.69. The van der Waals surface area contributed by atoms with Crippen molar-refractivity contribution >= 4 is 5.82 Å². The van der Waals surface area contributed by atoms with Gasteiger partial charge in [-0.1, -0.05) is 6.92 Å². The third-order valence-corrected chi connectivity index (χ3v) is 2.09. The van der Waals surface area contributed by atoms with E-state index in [4.69, 9.17) is 0 Å². The standard InChI is InChI=1S/C11H19N3O/c1-5-9-6-10(13-8-12-9)14(4)7-11(2,3)15/h6,8,15H,5,7H2,1-4H3. The molecule has 0 saturated carbocycles. The molecule has 1 aromatic heterocycles. The van der Waals surface area contributed by atoms with Crippen molar-refractivity contribution < 1.29 is 5.11 Å². The van der Waals surface area contributed by atoms with Crippen LogP contribution in [-0.4, -0.2) is 34.3 Å². The van der Waals surface area contributed by atoms with Crippen LogP contribution in [0.3, 0.4) is 0 Å². The molecule has 0 aliphatic heterocycles. The molecule has 0 aromatic carbocycles. The zero-order chi connectivity index (χ0) is 11.5. The Labute approximate surface area is 91.0 Å². The largest absolute Gasteiger partial charge is 0.389 e. The van der Waals surface area contributed by atoms with Gasteiger partial charge in [-0.2, -0.15) is 0 Å². The van der Waals surface area contributed by atoms with Gasteiger partial charge in [0.15, 0.2) is 0 Å². The van der Waals surface area contributed by atoms with E-state index >= 15 is 0 Å². The van der Waals surface area contributed by atoms with Gasteiger partial charge in [-0.25, -0.2) is 9.97 Å². The fraction of sp³-hybridized carbons (Fsp3) is 0.636. The van der Waals surface area contributed by atoms with Gasteiger partial charge in [-0.05, 0) is 20.3 Å². The number of aromatic nitrogens is 2. The maximum absolute atomic E-state index is 9.69. The molecular weight excluding hydrogens is 190 g/mol. The number of aliphatic hydroxyl groups is 1. The number of aryl methyl sites for hydroxylation is 1. The molecule has 0 bridgehead atoms. The first-order valence-electron chi connectivity index (χ1n) is 5.17. The first-order valence-corrected chi connectivity index (χ1v) is 5.17. The highest BCUT2D eigenvalue weighted by Crippen LogP contribution is 2.13. The van der Waals surface area contributed by atoms with E-state index in [0.717, 1.165) is 17.9 Å². The van der Waals surface area contributed by atoms with Crippen LogP contribution in [-0.2, 0) is 6.42 Å². The summed E-state index contributed by atoms with van der Waals surface area (Å²) in [5.74, 6) is 0.851. The van der Waals surface area contributed by atoms with Crippen molar-refractivity contribution in [2.24, 2.45) is 0 Å². The topological polar surface area (TPSA) is 49.2 Å². The Hall–Kier alpha value is -1.16. The highest BCUT2D eigenvalue weighted by atomic mass is 16.3. The highest BCUT2D eigenvalue weighted by Gasteiger charge is 2.16. The molecular formula is C11H19N3O. The second kappa shape index (κ2) is 4.57. The van der Waals surface area contributed by atoms with Crippen molar-refractivity contribution in [3.8, 4) is 0 Å². The molecule has 0 radical (unpaired) electrons. The molecule has 0 aliphatic rings. The Kier molecular flexibility index (Phi) is 3.63. The molecule has 15 heavy (non-hydrogen) atoms. The number of rotatable bonds is 4. The number of hydrogen-bond donors (Lipinski definition) is 1. The number of hydrogen-bond acceptors (Lipinski definition) is 4. The van der Waals surface area contributed by atoms with E-state index in [2.05, 4.69) is 16.9 Å². The average Bonchev–Trinajstić information content (AvgIpc) is 2.15. The van der Waals surface area contributed by atoms with Gasteiger partial charge in [-0.3, -0.25) is 0 Å². The fourth-order valence-electron chi connectivity index (χ4n) is 1.45. The minimum absolute atomic E-state index is 0.549. The maximum Gasteiger partial charge on any atom is 0.132 e. The first-order chi connectivity index (χ1) is 6.92. The predicted octanol–water partition coefficient (Wildman–Crippen LogP) is 1.25. The lowest BCUT2D eigenvalue weighted by atomic mass is 10.1. The van der Waals surface area contributed by atoms with Crippen LogP contribution in [0, 0.1) is 0 Å². The van der Waals surface area contributed by atoms with E-state index in [1.54, 1.807) is 20.2 Å². The zero-order valence-corrected chi connectivity index (χ0v) is 9.86. The van der Waals surface area contributed by atoms with Crippen molar-refractivity contribution in [1.82, 2.24) is 9.97 Å². The second-order valence-corrected chi connectivity index (χ2v) is 4.39. The Bertz CT molecular complexity index is 320. The molecule has 1 rings (SSSR count). The molecule has 1 aromatic rings. The van der Waals surface area contributed by atoms with E-state index < -0.39 is 5.60 Å². The fourth-order valence-corrected chi connectivity index (χ4v) is 1.45. The summed E-state index contributed by atoms with van der Waals surface area (Å²) in [6.45, 7) is 6.17. The summed E-state index contributed by atoms with van der Waals surface area (Å²) < 4.78 is 0. The van der Waals surface area contributed by atoms with Crippen molar-refractivity contribution in [1.29, 1.82) is 0 Å². The Morgan fingerprint density at radius 2 is 2.07 bits per heavy atom. The molecule has 1 N–H and O–H groups in total. The molecule has 0 unspecified atom stereocenters. The monoisotopic (exact) mass is 209 g/mol. The molecule has 0 saturated heterocycles. The third-order valence-electron chi connectivity index (χ3n) is 2.09. The quantitative estimate of drug-likeness (QED) is 0.810. The van der Waals surface area contributed by atoms with E-state index in [1.165, 1.54) is 0 Å². The van der Waals surface area contributed by atoms with Gasteiger partial charge >= 0.3 is 0 Å². The van der Waals surface area contributed by atoms with Crippen LogP contribution < -0.4 is 4.90 Å². The number of anilines is 1. The van der Waals surface area contributed by atoms with Crippen LogP contribution in [0.1, 0.15) is 26.5 Å². The normalized spacial score (nSPS) is 11.5.